The van der Waals surface area contributed by atoms with Crippen molar-refractivity contribution in [2.45, 2.75) is 50.7 Å². The fourth-order valence-electron chi connectivity index (χ4n) is 5.37. The Balaban J connectivity index is 1.66. The highest BCUT2D eigenvalue weighted by molar-refractivity contribution is 6.02. The monoisotopic (exact) mass is 543 g/mol. The fourth-order valence-corrected chi connectivity index (χ4v) is 5.37. The number of hydrogen-bond acceptors (Lipinski definition) is 5. The number of nitrogens with one attached hydrogen (secondary N) is 1. The fraction of sp³-hybridized carbons (Fsp3) is 0.429. The van der Waals surface area contributed by atoms with Crippen molar-refractivity contribution in [1.29, 1.82) is 0 Å². The maximum absolute atomic E-state index is 13.9. The van der Waals surface area contributed by atoms with Gasteiger partial charge in [-0.15, -0.1) is 0 Å². The lowest BCUT2D eigenvalue weighted by Gasteiger charge is -2.34. The third kappa shape index (κ3) is 6.35. The molecule has 2 fully saturated rings. The average molecular weight is 544 g/mol. The Morgan fingerprint density at radius 2 is 1.59 bits per heavy atom. The van der Waals surface area contributed by atoms with Crippen LogP contribution >= 0.6 is 0 Å². The van der Waals surface area contributed by atoms with Crippen molar-refractivity contribution in [3.05, 3.63) is 65.2 Å². The van der Waals surface area contributed by atoms with Crippen LogP contribution in [0.4, 0.5) is 8.78 Å². The summed E-state index contributed by atoms with van der Waals surface area (Å²) in [4.78, 5) is 54.7. The first-order valence-corrected chi connectivity index (χ1v) is 12.9. The second-order valence-electron chi connectivity index (χ2n) is 9.84. The quantitative estimate of drug-likeness (QED) is 0.527. The summed E-state index contributed by atoms with van der Waals surface area (Å²) in [5.41, 5.74) is 0.0420. The van der Waals surface area contributed by atoms with Gasteiger partial charge in [-0.1, -0.05) is 25.3 Å². The van der Waals surface area contributed by atoms with Gasteiger partial charge < -0.3 is 25.0 Å². The molecule has 2 aromatic rings. The minimum Gasteiger partial charge on any atom is -0.497 e. The van der Waals surface area contributed by atoms with Crippen LogP contribution in [0.2, 0.25) is 0 Å². The summed E-state index contributed by atoms with van der Waals surface area (Å²) in [5, 5.41) is 12.3. The zero-order valence-corrected chi connectivity index (χ0v) is 21.6. The van der Waals surface area contributed by atoms with E-state index in [-0.39, 0.29) is 36.6 Å². The van der Waals surface area contributed by atoms with E-state index in [1.807, 2.05) is 0 Å². The van der Waals surface area contributed by atoms with E-state index in [1.165, 1.54) is 18.1 Å². The molecule has 2 aromatic carbocycles. The Kier molecular flexibility index (Phi) is 8.78. The Hall–Kier alpha value is -4.02. The van der Waals surface area contributed by atoms with Crippen molar-refractivity contribution in [3.8, 4) is 5.75 Å². The first-order valence-electron chi connectivity index (χ1n) is 12.9. The first kappa shape index (κ1) is 28.0. The molecule has 0 spiro atoms. The lowest BCUT2D eigenvalue weighted by atomic mass is 9.82. The van der Waals surface area contributed by atoms with Gasteiger partial charge in [0.15, 0.2) is 17.8 Å². The van der Waals surface area contributed by atoms with E-state index < -0.39 is 47.5 Å². The standard InChI is InChI=1S/C28H31F2N3O6/c1-39-20-9-5-8-18(14-20)27(37)32-12-13-33(28(38)19-10-11-21(29)22(30)15-19)26(32)25(36)31-23(16-24(34)35)17-6-3-2-4-7-17/h5,8-11,14-15,17,23,26H,2-4,6-7,12-13,16H2,1H3,(H,31,36)(H,34,35). The van der Waals surface area contributed by atoms with Gasteiger partial charge in [0.2, 0.25) is 0 Å². The highest BCUT2D eigenvalue weighted by Gasteiger charge is 2.44. The minimum absolute atomic E-state index is 0.00340. The number of carbonyl (C=O) groups excluding carboxylic acids is 3. The van der Waals surface area contributed by atoms with E-state index in [9.17, 15) is 33.1 Å². The maximum Gasteiger partial charge on any atom is 0.305 e. The van der Waals surface area contributed by atoms with Gasteiger partial charge in [-0.25, -0.2) is 8.78 Å². The second-order valence-corrected chi connectivity index (χ2v) is 9.84. The van der Waals surface area contributed by atoms with Gasteiger partial charge in [0, 0.05) is 30.3 Å². The van der Waals surface area contributed by atoms with Gasteiger partial charge in [-0.3, -0.25) is 19.2 Å². The molecule has 2 aliphatic rings. The van der Waals surface area contributed by atoms with Crippen LogP contribution in [0.1, 0.15) is 59.2 Å². The largest absolute Gasteiger partial charge is 0.497 e. The first-order chi connectivity index (χ1) is 18.7. The summed E-state index contributed by atoms with van der Waals surface area (Å²) < 4.78 is 32.6. The van der Waals surface area contributed by atoms with E-state index >= 15 is 0 Å². The molecule has 2 N–H and O–H groups in total. The SMILES string of the molecule is COc1cccc(C(=O)N2CCN(C(=O)c3ccc(F)c(F)c3)C2C(=O)NC(CC(=O)O)C2CCCCC2)c1. The number of carboxylic acids is 1. The van der Waals surface area contributed by atoms with Crippen LogP contribution in [0.3, 0.4) is 0 Å². The van der Waals surface area contributed by atoms with E-state index in [1.54, 1.807) is 18.2 Å². The summed E-state index contributed by atoms with van der Waals surface area (Å²) in [6, 6.07) is 8.31. The van der Waals surface area contributed by atoms with Crippen molar-refractivity contribution < 1.29 is 37.8 Å². The molecule has 0 bridgehead atoms. The van der Waals surface area contributed by atoms with Gasteiger partial charge in [-0.05, 0) is 55.2 Å². The van der Waals surface area contributed by atoms with Gasteiger partial charge in [0.1, 0.15) is 5.75 Å². The Bertz CT molecular complexity index is 1250. The van der Waals surface area contributed by atoms with E-state index in [0.29, 0.717) is 5.75 Å². The average Bonchev–Trinajstić information content (AvgIpc) is 3.39. The van der Waals surface area contributed by atoms with Gasteiger partial charge in [0.05, 0.1) is 13.5 Å². The number of benzene rings is 2. The number of hydrogen-bond donors (Lipinski definition) is 2. The van der Waals surface area contributed by atoms with Crippen LogP contribution in [0, 0.1) is 17.6 Å². The summed E-state index contributed by atoms with van der Waals surface area (Å²) in [6.07, 6.45) is 2.66. The molecule has 208 valence electrons. The molecule has 11 heteroatoms. The molecule has 1 aliphatic carbocycles. The zero-order valence-electron chi connectivity index (χ0n) is 21.6. The summed E-state index contributed by atoms with van der Waals surface area (Å²) in [6.45, 7) is -0.0464. The minimum atomic E-state index is -1.43. The van der Waals surface area contributed by atoms with Gasteiger partial charge in [-0.2, -0.15) is 0 Å². The summed E-state index contributed by atoms with van der Waals surface area (Å²) >= 11 is 0. The topological polar surface area (TPSA) is 116 Å². The molecule has 2 atom stereocenters. The Morgan fingerprint density at radius 3 is 2.18 bits per heavy atom. The molecule has 0 radical (unpaired) electrons. The molecule has 9 nitrogen and oxygen atoms in total. The van der Waals surface area contributed by atoms with E-state index in [4.69, 9.17) is 4.74 Å². The van der Waals surface area contributed by atoms with Crippen molar-refractivity contribution in [1.82, 2.24) is 15.1 Å². The second kappa shape index (κ2) is 12.2. The number of aliphatic carboxylic acids is 1. The Labute approximate surface area is 224 Å². The van der Waals surface area contributed by atoms with Crippen LogP contribution in [0.15, 0.2) is 42.5 Å². The van der Waals surface area contributed by atoms with Crippen molar-refractivity contribution in [3.63, 3.8) is 0 Å². The molecule has 2 unspecified atom stereocenters. The summed E-state index contributed by atoms with van der Waals surface area (Å²) in [5.74, 6) is -5.06. The molecule has 3 amide bonds. The van der Waals surface area contributed by atoms with Crippen molar-refractivity contribution in [2.75, 3.05) is 20.2 Å². The molecular formula is C28H31F2N3O6. The number of halogens is 2. The van der Waals surface area contributed by atoms with Crippen LogP contribution in [0.5, 0.6) is 5.75 Å². The highest BCUT2D eigenvalue weighted by Crippen LogP contribution is 2.29. The van der Waals surface area contributed by atoms with Crippen LogP contribution < -0.4 is 10.1 Å². The molecule has 0 aromatic heterocycles. The predicted molar refractivity (Wildman–Crippen MR) is 136 cm³/mol. The third-order valence-corrected chi connectivity index (χ3v) is 7.35. The number of methoxy groups -OCH3 is 1. The lowest BCUT2D eigenvalue weighted by molar-refractivity contribution is -0.138. The molecular weight excluding hydrogens is 512 g/mol. The van der Waals surface area contributed by atoms with Crippen molar-refractivity contribution >= 4 is 23.7 Å². The number of carboxylic acid groups (broad SMARTS) is 1. The van der Waals surface area contributed by atoms with Crippen LogP contribution in [-0.4, -0.2) is 71.0 Å². The smallest absolute Gasteiger partial charge is 0.305 e. The highest BCUT2D eigenvalue weighted by atomic mass is 19.2. The predicted octanol–water partition coefficient (Wildman–Crippen LogP) is 3.44. The normalized spacial score (nSPS) is 18.5. The molecule has 1 saturated carbocycles. The van der Waals surface area contributed by atoms with Crippen molar-refractivity contribution in [2.24, 2.45) is 5.92 Å². The molecule has 1 saturated heterocycles. The summed E-state index contributed by atoms with van der Waals surface area (Å²) in [7, 11) is 1.45. The maximum atomic E-state index is 13.9. The number of carbonyl (C=O) groups is 4. The number of nitrogens with zero attached hydrogens (tertiary/aromatic N) is 2. The molecule has 1 heterocycles. The molecule has 4 rings (SSSR count). The third-order valence-electron chi connectivity index (χ3n) is 7.35. The van der Waals surface area contributed by atoms with E-state index in [0.717, 1.165) is 55.2 Å². The zero-order chi connectivity index (χ0) is 28.1. The molecule has 39 heavy (non-hydrogen) atoms. The molecule has 1 aliphatic heterocycles. The van der Waals surface area contributed by atoms with Gasteiger partial charge in [0.25, 0.3) is 17.7 Å². The number of rotatable bonds is 8. The van der Waals surface area contributed by atoms with Crippen LogP contribution in [0.25, 0.3) is 0 Å². The van der Waals surface area contributed by atoms with E-state index in [2.05, 4.69) is 5.32 Å². The van der Waals surface area contributed by atoms with Crippen LogP contribution in [-0.2, 0) is 9.59 Å². The Morgan fingerprint density at radius 1 is 0.949 bits per heavy atom. The van der Waals surface area contributed by atoms with Gasteiger partial charge >= 0.3 is 5.97 Å². The lowest BCUT2D eigenvalue weighted by Crippen LogP contribution is -2.57. The number of ether oxygens (including phenoxy) is 1. The number of amides is 3.